The van der Waals surface area contributed by atoms with Gasteiger partial charge in [-0.15, -0.1) is 13.2 Å². The Hall–Kier alpha value is -1.43. The lowest BCUT2D eigenvalue weighted by atomic mass is 10.3. The van der Waals surface area contributed by atoms with Crippen molar-refractivity contribution in [1.29, 1.82) is 0 Å². The molecule has 6 heteroatoms. The Bertz CT molecular complexity index is 325. The van der Waals surface area contributed by atoms with Crippen molar-refractivity contribution in [3.05, 3.63) is 24.3 Å². The summed E-state index contributed by atoms with van der Waals surface area (Å²) in [6.07, 6.45) is -4.39. The predicted octanol–water partition coefficient (Wildman–Crippen LogP) is 2.35. The van der Waals surface area contributed by atoms with Gasteiger partial charge in [-0.2, -0.15) is 0 Å². The predicted molar refractivity (Wildman–Crippen MR) is 50.3 cm³/mol. The van der Waals surface area contributed by atoms with Gasteiger partial charge in [-0.25, -0.2) is 0 Å². The molecule has 1 aromatic rings. The van der Waals surface area contributed by atoms with Crippen molar-refractivity contribution in [3.63, 3.8) is 0 Å². The van der Waals surface area contributed by atoms with E-state index in [9.17, 15) is 13.2 Å². The minimum Gasteiger partial charge on any atom is -0.490 e. The summed E-state index contributed by atoms with van der Waals surface area (Å²) in [5.41, 5.74) is 0. The van der Waals surface area contributed by atoms with Gasteiger partial charge in [-0.1, -0.05) is 12.1 Å². The first kappa shape index (κ1) is 12.6. The largest absolute Gasteiger partial charge is 0.573 e. The van der Waals surface area contributed by atoms with Crippen LogP contribution in [0.1, 0.15) is 6.42 Å². The summed E-state index contributed by atoms with van der Waals surface area (Å²) < 4.78 is 44.8. The van der Waals surface area contributed by atoms with Crippen molar-refractivity contribution < 1.29 is 27.8 Å². The minimum atomic E-state index is -4.74. The molecule has 1 rings (SSSR count). The molecule has 0 bridgehead atoms. The molecule has 1 N–H and O–H groups in total. The van der Waals surface area contributed by atoms with E-state index in [4.69, 9.17) is 9.84 Å². The first-order valence-corrected chi connectivity index (χ1v) is 4.61. The molecule has 0 aliphatic rings. The topological polar surface area (TPSA) is 38.7 Å². The van der Waals surface area contributed by atoms with Crippen molar-refractivity contribution >= 4 is 0 Å². The number of hydrogen-bond donors (Lipinski definition) is 1. The molecule has 0 spiro atoms. The highest BCUT2D eigenvalue weighted by atomic mass is 19.4. The fourth-order valence-corrected chi connectivity index (χ4v) is 1.03. The average Bonchev–Trinajstić information content (AvgIpc) is 2.19. The van der Waals surface area contributed by atoms with Crippen LogP contribution in [0.15, 0.2) is 24.3 Å². The van der Waals surface area contributed by atoms with E-state index in [2.05, 4.69) is 4.74 Å². The van der Waals surface area contributed by atoms with E-state index in [0.29, 0.717) is 6.42 Å². The quantitative estimate of drug-likeness (QED) is 0.797. The Morgan fingerprint density at radius 2 is 1.75 bits per heavy atom. The number of rotatable bonds is 5. The zero-order valence-corrected chi connectivity index (χ0v) is 8.33. The van der Waals surface area contributed by atoms with Crippen molar-refractivity contribution in [3.8, 4) is 11.5 Å². The Morgan fingerprint density at radius 3 is 2.31 bits per heavy atom. The van der Waals surface area contributed by atoms with Crippen LogP contribution in [0.4, 0.5) is 13.2 Å². The summed E-state index contributed by atoms with van der Waals surface area (Å²) in [5.74, 6) is -0.374. The molecule has 0 atom stereocenters. The number of halogens is 3. The number of ether oxygens (including phenoxy) is 2. The van der Waals surface area contributed by atoms with Crippen LogP contribution in [-0.2, 0) is 0 Å². The van der Waals surface area contributed by atoms with Crippen molar-refractivity contribution in [2.75, 3.05) is 13.2 Å². The fourth-order valence-electron chi connectivity index (χ4n) is 1.03. The van der Waals surface area contributed by atoms with E-state index in [0.717, 1.165) is 0 Å². The molecule has 0 saturated carbocycles. The number of para-hydroxylation sites is 2. The summed E-state index contributed by atoms with van der Waals surface area (Å²) in [5, 5.41) is 8.51. The molecular weight excluding hydrogens is 225 g/mol. The van der Waals surface area contributed by atoms with Crippen LogP contribution in [0.3, 0.4) is 0 Å². The second-order valence-electron chi connectivity index (χ2n) is 2.92. The number of hydrogen-bond acceptors (Lipinski definition) is 3. The normalized spacial score (nSPS) is 11.2. The van der Waals surface area contributed by atoms with Crippen molar-refractivity contribution in [2.24, 2.45) is 0 Å². The minimum absolute atomic E-state index is 0.00766. The van der Waals surface area contributed by atoms with Gasteiger partial charge in [0, 0.05) is 13.0 Å². The summed E-state index contributed by atoms with van der Waals surface area (Å²) in [7, 11) is 0. The zero-order valence-electron chi connectivity index (χ0n) is 8.33. The highest BCUT2D eigenvalue weighted by Crippen LogP contribution is 2.31. The van der Waals surface area contributed by atoms with Gasteiger partial charge in [0.15, 0.2) is 11.5 Å². The maximum atomic E-state index is 12.0. The molecule has 0 saturated heterocycles. The van der Waals surface area contributed by atoms with Crippen LogP contribution in [0.5, 0.6) is 11.5 Å². The van der Waals surface area contributed by atoms with Crippen LogP contribution < -0.4 is 9.47 Å². The molecule has 0 aliphatic heterocycles. The SMILES string of the molecule is OCCCOc1ccccc1OC(F)(F)F. The molecule has 0 radical (unpaired) electrons. The number of aliphatic hydroxyl groups is 1. The summed E-state index contributed by atoms with van der Waals surface area (Å²) in [6, 6.07) is 5.50. The molecule has 3 nitrogen and oxygen atoms in total. The first-order chi connectivity index (χ1) is 7.53. The molecule has 16 heavy (non-hydrogen) atoms. The highest BCUT2D eigenvalue weighted by molar-refractivity contribution is 5.39. The number of alkyl halides is 3. The maximum absolute atomic E-state index is 12.0. The smallest absolute Gasteiger partial charge is 0.490 e. The van der Waals surface area contributed by atoms with E-state index in [-0.39, 0.29) is 24.7 Å². The molecule has 90 valence electrons. The van der Waals surface area contributed by atoms with Gasteiger partial charge >= 0.3 is 6.36 Å². The highest BCUT2D eigenvalue weighted by Gasteiger charge is 2.32. The molecule has 0 aromatic heterocycles. The van der Waals surface area contributed by atoms with E-state index in [1.165, 1.54) is 24.3 Å². The first-order valence-electron chi connectivity index (χ1n) is 4.61. The molecule has 0 unspecified atom stereocenters. The monoisotopic (exact) mass is 236 g/mol. The van der Waals surface area contributed by atoms with E-state index < -0.39 is 6.36 Å². The lowest BCUT2D eigenvalue weighted by Gasteiger charge is -2.13. The lowest BCUT2D eigenvalue weighted by molar-refractivity contribution is -0.275. The van der Waals surface area contributed by atoms with Gasteiger partial charge in [-0.05, 0) is 12.1 Å². The molecule has 1 aromatic carbocycles. The van der Waals surface area contributed by atoms with E-state index in [1.807, 2.05) is 0 Å². The summed E-state index contributed by atoms with van der Waals surface area (Å²) >= 11 is 0. The second kappa shape index (κ2) is 5.60. The van der Waals surface area contributed by atoms with Gasteiger partial charge in [0.25, 0.3) is 0 Å². The van der Waals surface area contributed by atoms with Gasteiger partial charge in [-0.3, -0.25) is 0 Å². The van der Waals surface area contributed by atoms with Crippen LogP contribution >= 0.6 is 0 Å². The third-order valence-corrected chi connectivity index (χ3v) is 1.63. The van der Waals surface area contributed by atoms with E-state index in [1.54, 1.807) is 0 Å². The van der Waals surface area contributed by atoms with Gasteiger partial charge in [0.1, 0.15) is 0 Å². The molecule has 0 aliphatic carbocycles. The third-order valence-electron chi connectivity index (χ3n) is 1.63. The summed E-state index contributed by atoms with van der Waals surface area (Å²) in [4.78, 5) is 0. The fraction of sp³-hybridized carbons (Fsp3) is 0.400. The van der Waals surface area contributed by atoms with Gasteiger partial charge in [0.05, 0.1) is 6.61 Å². The van der Waals surface area contributed by atoms with Gasteiger partial charge in [0.2, 0.25) is 0 Å². The molecule has 0 fully saturated rings. The average molecular weight is 236 g/mol. The Balaban J connectivity index is 2.68. The summed E-state index contributed by atoms with van der Waals surface area (Å²) in [6.45, 7) is 0.0526. The van der Waals surface area contributed by atoms with E-state index >= 15 is 0 Å². The second-order valence-corrected chi connectivity index (χ2v) is 2.92. The maximum Gasteiger partial charge on any atom is 0.573 e. The van der Waals surface area contributed by atoms with Gasteiger partial charge < -0.3 is 14.6 Å². The Morgan fingerprint density at radius 1 is 1.12 bits per heavy atom. The van der Waals surface area contributed by atoms with Crippen LogP contribution in [0, 0.1) is 0 Å². The zero-order chi connectivity index (χ0) is 12.0. The molecular formula is C10H11F3O3. The lowest BCUT2D eigenvalue weighted by Crippen LogP contribution is -2.17. The third kappa shape index (κ3) is 4.39. The Kier molecular flexibility index (Phi) is 4.42. The van der Waals surface area contributed by atoms with Crippen molar-refractivity contribution in [2.45, 2.75) is 12.8 Å². The van der Waals surface area contributed by atoms with Crippen LogP contribution in [0.25, 0.3) is 0 Å². The molecule has 0 amide bonds. The number of aliphatic hydroxyl groups excluding tert-OH is 1. The standard InChI is InChI=1S/C10H11F3O3/c11-10(12,13)16-9-5-2-1-4-8(9)15-7-3-6-14/h1-2,4-5,14H,3,6-7H2. The van der Waals surface area contributed by atoms with Crippen LogP contribution in [-0.4, -0.2) is 24.7 Å². The molecule has 0 heterocycles. The van der Waals surface area contributed by atoms with Crippen molar-refractivity contribution in [1.82, 2.24) is 0 Å². The van der Waals surface area contributed by atoms with Crippen LogP contribution in [0.2, 0.25) is 0 Å². The number of benzene rings is 1. The Labute approximate surface area is 90.4 Å².